The average molecular weight is 592 g/mol. The van der Waals surface area contributed by atoms with Crippen molar-refractivity contribution in [3.05, 3.63) is 48.0 Å². The number of nitrogens with zero attached hydrogens (tertiary/aromatic N) is 1. The van der Waals surface area contributed by atoms with Crippen molar-refractivity contribution in [1.29, 1.82) is 0 Å². The molecule has 2 aliphatic carbocycles. The number of carbonyl (C=O) groups is 2. The van der Waals surface area contributed by atoms with E-state index >= 15 is 0 Å². The minimum absolute atomic E-state index is 0.159. The number of hydrogen-bond acceptors (Lipinski definition) is 9. The second-order valence-electron chi connectivity index (χ2n) is 12.0. The number of furan rings is 1. The van der Waals surface area contributed by atoms with Gasteiger partial charge in [-0.1, -0.05) is 18.2 Å². The van der Waals surface area contributed by atoms with Crippen LogP contribution in [0.25, 0.3) is 32.0 Å². The quantitative estimate of drug-likeness (QED) is 0.178. The SMILES string of the molecule is COC1CCC(C(=O)OC(C)(C)c2ccc(OC(=O)C3CCC(O)CC3)c3nc(-c4cc5ccccc5o4)sc23)CC1. The molecule has 8 nitrogen and oxygen atoms in total. The third-order valence-electron chi connectivity index (χ3n) is 8.73. The molecule has 6 rings (SSSR count). The van der Waals surface area contributed by atoms with E-state index in [0.29, 0.717) is 47.7 Å². The zero-order valence-corrected chi connectivity index (χ0v) is 25.1. The molecule has 2 fully saturated rings. The lowest BCUT2D eigenvalue weighted by Gasteiger charge is -2.31. The molecule has 42 heavy (non-hydrogen) atoms. The van der Waals surface area contributed by atoms with Crippen LogP contribution in [0.1, 0.15) is 70.8 Å². The van der Waals surface area contributed by atoms with E-state index in [2.05, 4.69) is 0 Å². The van der Waals surface area contributed by atoms with Crippen molar-refractivity contribution < 1.29 is 33.3 Å². The highest BCUT2D eigenvalue weighted by atomic mass is 32.1. The number of rotatable bonds is 7. The molecule has 0 amide bonds. The molecule has 2 aromatic carbocycles. The standard InChI is InChI=1S/C33H37NO7S/c1-33(2,41-32(37)20-10-14-23(38-3)15-11-20)24-16-17-26(40-31(36)19-8-12-22(35)13-9-19)28-29(24)42-30(34-28)27-18-21-6-4-5-7-25(21)39-27/h4-7,16-20,22-23,35H,8-15H2,1-3H3. The second-order valence-corrected chi connectivity index (χ2v) is 13.0. The van der Waals surface area contributed by atoms with E-state index < -0.39 is 5.60 Å². The summed E-state index contributed by atoms with van der Waals surface area (Å²) >= 11 is 1.43. The zero-order valence-electron chi connectivity index (χ0n) is 24.3. The van der Waals surface area contributed by atoms with E-state index in [1.54, 1.807) is 13.2 Å². The van der Waals surface area contributed by atoms with Gasteiger partial charge in [-0.25, -0.2) is 4.98 Å². The van der Waals surface area contributed by atoms with Crippen LogP contribution < -0.4 is 4.74 Å². The molecule has 4 aromatic rings. The molecular weight excluding hydrogens is 554 g/mol. The van der Waals surface area contributed by atoms with Gasteiger partial charge in [-0.2, -0.15) is 0 Å². The van der Waals surface area contributed by atoms with Gasteiger partial charge in [0.15, 0.2) is 16.5 Å². The molecule has 0 spiro atoms. The van der Waals surface area contributed by atoms with Crippen LogP contribution in [0, 0.1) is 11.8 Å². The molecule has 2 aromatic heterocycles. The van der Waals surface area contributed by atoms with E-state index in [1.807, 2.05) is 50.2 Å². The summed E-state index contributed by atoms with van der Waals surface area (Å²) in [6, 6.07) is 13.3. The number of thiazole rings is 1. The largest absolute Gasteiger partial charge is 0.454 e. The number of fused-ring (bicyclic) bond motifs is 2. The van der Waals surface area contributed by atoms with Gasteiger partial charge in [0.2, 0.25) is 0 Å². The van der Waals surface area contributed by atoms with Crippen molar-refractivity contribution >= 4 is 44.5 Å². The highest BCUT2D eigenvalue weighted by molar-refractivity contribution is 7.21. The Labute approximate surface area is 249 Å². The van der Waals surface area contributed by atoms with Gasteiger partial charge in [0, 0.05) is 18.1 Å². The summed E-state index contributed by atoms with van der Waals surface area (Å²) in [5.74, 6) is 0.0385. The monoisotopic (exact) mass is 591 g/mol. The fourth-order valence-electron chi connectivity index (χ4n) is 6.16. The van der Waals surface area contributed by atoms with E-state index in [4.69, 9.17) is 23.6 Å². The van der Waals surface area contributed by atoms with Crippen molar-refractivity contribution in [2.24, 2.45) is 11.8 Å². The van der Waals surface area contributed by atoms with E-state index in [-0.39, 0.29) is 36.0 Å². The van der Waals surface area contributed by atoms with E-state index in [9.17, 15) is 14.7 Å². The molecule has 0 saturated heterocycles. The summed E-state index contributed by atoms with van der Waals surface area (Å²) in [6.07, 6.45) is 5.39. The average Bonchev–Trinajstić information content (AvgIpc) is 3.62. The Morgan fingerprint density at radius 3 is 2.36 bits per heavy atom. The topological polar surface area (TPSA) is 108 Å². The van der Waals surface area contributed by atoms with Crippen LogP contribution in [-0.2, 0) is 24.7 Å². The maximum atomic E-state index is 13.3. The zero-order chi connectivity index (χ0) is 29.4. The lowest BCUT2D eigenvalue weighted by Crippen LogP contribution is -2.32. The molecule has 0 unspecified atom stereocenters. The first-order chi connectivity index (χ1) is 20.2. The molecule has 0 radical (unpaired) electrons. The van der Waals surface area contributed by atoms with Crippen molar-refractivity contribution in [2.75, 3.05) is 7.11 Å². The fraction of sp³-hybridized carbons (Fsp3) is 0.485. The molecular formula is C33H37NO7S. The number of methoxy groups -OCH3 is 1. The first kappa shape index (κ1) is 28.8. The van der Waals surface area contributed by atoms with Crippen molar-refractivity contribution in [3.63, 3.8) is 0 Å². The van der Waals surface area contributed by atoms with E-state index in [1.165, 1.54) is 11.3 Å². The normalized spacial score (nSPS) is 23.2. The highest BCUT2D eigenvalue weighted by Crippen LogP contribution is 2.43. The fourth-order valence-corrected chi connectivity index (χ4v) is 7.36. The Morgan fingerprint density at radius 1 is 0.952 bits per heavy atom. The molecule has 222 valence electrons. The van der Waals surface area contributed by atoms with Crippen LogP contribution in [-0.4, -0.2) is 41.3 Å². The van der Waals surface area contributed by atoms with Crippen LogP contribution >= 0.6 is 11.3 Å². The summed E-state index contributed by atoms with van der Waals surface area (Å²) in [7, 11) is 1.72. The number of para-hydroxylation sites is 1. The van der Waals surface area contributed by atoms with E-state index in [0.717, 1.165) is 46.9 Å². The number of esters is 2. The number of aromatic nitrogens is 1. The summed E-state index contributed by atoms with van der Waals surface area (Å²) in [5.41, 5.74) is 1.13. The van der Waals surface area contributed by atoms with Crippen LogP contribution in [0.5, 0.6) is 5.75 Å². The highest BCUT2D eigenvalue weighted by Gasteiger charge is 2.35. The number of benzene rings is 2. The first-order valence-electron chi connectivity index (χ1n) is 14.8. The van der Waals surface area contributed by atoms with Gasteiger partial charge in [-0.15, -0.1) is 11.3 Å². The summed E-state index contributed by atoms with van der Waals surface area (Å²) in [6.45, 7) is 3.78. The Hall–Kier alpha value is -3.27. The number of aliphatic hydroxyl groups is 1. The lowest BCUT2D eigenvalue weighted by molar-refractivity contribution is -0.164. The maximum Gasteiger partial charge on any atom is 0.314 e. The number of ether oxygens (including phenoxy) is 3. The van der Waals surface area contributed by atoms with Crippen LogP contribution in [0.2, 0.25) is 0 Å². The van der Waals surface area contributed by atoms with Gasteiger partial charge in [-0.05, 0) is 89.5 Å². The molecule has 0 atom stereocenters. The van der Waals surface area contributed by atoms with Crippen molar-refractivity contribution in [1.82, 2.24) is 4.98 Å². The predicted molar refractivity (Wildman–Crippen MR) is 160 cm³/mol. The third kappa shape index (κ3) is 5.82. The van der Waals surface area contributed by atoms with Crippen LogP contribution in [0.4, 0.5) is 0 Å². The minimum atomic E-state index is -0.951. The Bertz CT molecular complexity index is 1560. The summed E-state index contributed by atoms with van der Waals surface area (Å²) < 4.78 is 24.5. The first-order valence-corrected chi connectivity index (χ1v) is 15.6. The molecule has 0 aliphatic heterocycles. The minimum Gasteiger partial charge on any atom is -0.454 e. The molecule has 9 heteroatoms. The van der Waals surface area contributed by atoms with Gasteiger partial charge in [0.05, 0.1) is 28.7 Å². The van der Waals surface area contributed by atoms with Crippen LogP contribution in [0.3, 0.4) is 0 Å². The summed E-state index contributed by atoms with van der Waals surface area (Å²) in [4.78, 5) is 31.3. The van der Waals surface area contributed by atoms with Crippen molar-refractivity contribution in [3.8, 4) is 16.5 Å². The van der Waals surface area contributed by atoms with Gasteiger partial charge < -0.3 is 23.7 Å². The van der Waals surface area contributed by atoms with Gasteiger partial charge >= 0.3 is 11.9 Å². The summed E-state index contributed by atoms with van der Waals surface area (Å²) in [5, 5.41) is 11.5. The molecule has 0 bridgehead atoms. The van der Waals surface area contributed by atoms with Gasteiger partial charge in [0.25, 0.3) is 0 Å². The maximum absolute atomic E-state index is 13.3. The lowest BCUT2D eigenvalue weighted by atomic mass is 9.87. The second kappa shape index (κ2) is 11.8. The number of carbonyl (C=O) groups excluding carboxylic acids is 2. The van der Waals surface area contributed by atoms with Crippen molar-refractivity contribution in [2.45, 2.75) is 83.0 Å². The van der Waals surface area contributed by atoms with Gasteiger partial charge in [0.1, 0.15) is 16.7 Å². The molecule has 2 saturated carbocycles. The van der Waals surface area contributed by atoms with Crippen LogP contribution in [0.15, 0.2) is 46.9 Å². The Kier molecular flexibility index (Phi) is 8.09. The van der Waals surface area contributed by atoms with Gasteiger partial charge in [-0.3, -0.25) is 9.59 Å². The third-order valence-corrected chi connectivity index (χ3v) is 9.83. The molecule has 2 heterocycles. The Balaban J connectivity index is 1.33. The molecule has 2 aliphatic rings. The predicted octanol–water partition coefficient (Wildman–Crippen LogP) is 7.15. The number of hydrogen-bond donors (Lipinski definition) is 1. The smallest absolute Gasteiger partial charge is 0.314 e. The Morgan fingerprint density at radius 2 is 1.64 bits per heavy atom. The molecule has 1 N–H and O–H groups in total. The number of aliphatic hydroxyl groups excluding tert-OH is 1.